The zero-order valence-electron chi connectivity index (χ0n) is 14.4. The van der Waals surface area contributed by atoms with E-state index < -0.39 is 10.0 Å². The summed E-state index contributed by atoms with van der Waals surface area (Å²) < 4.78 is 22.4. The number of amides is 3. The fourth-order valence-corrected chi connectivity index (χ4v) is 3.29. The second kappa shape index (κ2) is 7.83. The van der Waals surface area contributed by atoms with Crippen molar-refractivity contribution in [1.82, 2.24) is 15.1 Å². The molecule has 9 heteroatoms. The number of nitrogens with one attached hydrogen (secondary N) is 1. The monoisotopic (exact) mass is 368 g/mol. The van der Waals surface area contributed by atoms with E-state index >= 15 is 0 Å². The molecule has 1 aromatic carbocycles. The van der Waals surface area contributed by atoms with Crippen LogP contribution in [-0.4, -0.2) is 57.3 Å². The molecule has 1 fully saturated rings. The third-order valence-corrected chi connectivity index (χ3v) is 5.09. The van der Waals surface area contributed by atoms with Gasteiger partial charge < -0.3 is 15.1 Å². The Morgan fingerprint density at radius 2 is 1.92 bits per heavy atom. The van der Waals surface area contributed by atoms with Gasteiger partial charge in [-0.3, -0.25) is 4.79 Å². The fraction of sp³-hybridized carbons (Fsp3) is 0.500. The maximum atomic E-state index is 12.4. The van der Waals surface area contributed by atoms with E-state index in [2.05, 4.69) is 5.32 Å². The summed E-state index contributed by atoms with van der Waals surface area (Å²) in [7, 11) is -0.335. The number of nitrogens with two attached hydrogens (primary N) is 1. The molecule has 138 valence electrons. The first-order chi connectivity index (χ1) is 11.7. The predicted molar refractivity (Wildman–Crippen MR) is 93.0 cm³/mol. The molecule has 0 aromatic heterocycles. The molecule has 2 rings (SSSR count). The number of urea groups is 1. The zero-order chi connectivity index (χ0) is 18.6. The lowest BCUT2D eigenvalue weighted by Crippen LogP contribution is -2.48. The quantitative estimate of drug-likeness (QED) is 0.798. The second-order valence-corrected chi connectivity index (χ2v) is 7.93. The molecule has 1 aliphatic heterocycles. The summed E-state index contributed by atoms with van der Waals surface area (Å²) in [4.78, 5) is 27.6. The number of hydrogen-bond donors (Lipinski definition) is 2. The van der Waals surface area contributed by atoms with Crippen LogP contribution >= 0.6 is 0 Å². The van der Waals surface area contributed by atoms with Gasteiger partial charge in [-0.15, -0.1) is 0 Å². The summed E-state index contributed by atoms with van der Waals surface area (Å²) in [6.07, 6.45) is 1.54. The first kappa shape index (κ1) is 19.2. The summed E-state index contributed by atoms with van der Waals surface area (Å²) >= 11 is 0. The highest BCUT2D eigenvalue weighted by molar-refractivity contribution is 7.89. The number of likely N-dealkylation sites (tertiary alicyclic amines) is 1. The molecule has 1 aromatic rings. The van der Waals surface area contributed by atoms with Gasteiger partial charge in [-0.05, 0) is 30.5 Å². The van der Waals surface area contributed by atoms with E-state index in [0.717, 1.165) is 18.4 Å². The van der Waals surface area contributed by atoms with Gasteiger partial charge in [-0.25, -0.2) is 18.4 Å². The molecular formula is C16H24N4O4S. The Morgan fingerprint density at radius 1 is 1.28 bits per heavy atom. The Morgan fingerprint density at radius 3 is 2.48 bits per heavy atom. The molecular weight excluding hydrogens is 344 g/mol. The van der Waals surface area contributed by atoms with Crippen LogP contribution in [0.4, 0.5) is 4.79 Å². The van der Waals surface area contributed by atoms with Gasteiger partial charge >= 0.3 is 6.03 Å². The van der Waals surface area contributed by atoms with Crippen molar-refractivity contribution in [2.24, 2.45) is 11.1 Å². The molecule has 1 heterocycles. The molecule has 0 aliphatic carbocycles. The van der Waals surface area contributed by atoms with Gasteiger partial charge in [-0.2, -0.15) is 0 Å². The molecule has 0 unspecified atom stereocenters. The smallest absolute Gasteiger partial charge is 0.319 e. The molecule has 3 amide bonds. The van der Waals surface area contributed by atoms with Gasteiger partial charge in [0.05, 0.1) is 10.8 Å². The SMILES string of the molecule is CN(C)C(=O)N1CCC[C@H](C(=O)NCc2ccc(S(N)(=O)=O)cc2)C1. The molecule has 8 nitrogen and oxygen atoms in total. The lowest BCUT2D eigenvalue weighted by atomic mass is 9.97. The van der Waals surface area contributed by atoms with Crippen LogP contribution < -0.4 is 10.5 Å². The van der Waals surface area contributed by atoms with Crippen molar-refractivity contribution in [2.75, 3.05) is 27.2 Å². The van der Waals surface area contributed by atoms with Crippen LogP contribution in [0.3, 0.4) is 0 Å². The van der Waals surface area contributed by atoms with Crippen LogP contribution in [0.25, 0.3) is 0 Å². The minimum Gasteiger partial charge on any atom is -0.352 e. The van der Waals surface area contributed by atoms with Crippen molar-refractivity contribution < 1.29 is 18.0 Å². The van der Waals surface area contributed by atoms with Crippen molar-refractivity contribution in [2.45, 2.75) is 24.3 Å². The molecule has 0 spiro atoms. The minimum atomic E-state index is -3.72. The van der Waals surface area contributed by atoms with Crippen LogP contribution in [0.2, 0.25) is 0 Å². The Hall–Kier alpha value is -2.13. The Kier molecular flexibility index (Phi) is 6.02. The van der Waals surface area contributed by atoms with Gasteiger partial charge in [0.15, 0.2) is 0 Å². The largest absolute Gasteiger partial charge is 0.352 e. The summed E-state index contributed by atoms with van der Waals surface area (Å²) in [6, 6.07) is 5.96. The maximum absolute atomic E-state index is 12.4. The molecule has 25 heavy (non-hydrogen) atoms. The maximum Gasteiger partial charge on any atom is 0.319 e. The van der Waals surface area contributed by atoms with Gasteiger partial charge in [-0.1, -0.05) is 12.1 Å². The van der Waals surface area contributed by atoms with Crippen LogP contribution in [0.15, 0.2) is 29.2 Å². The third kappa shape index (κ3) is 5.17. The van der Waals surface area contributed by atoms with Crippen molar-refractivity contribution in [3.8, 4) is 0 Å². The van der Waals surface area contributed by atoms with E-state index in [1.165, 1.54) is 17.0 Å². The fourth-order valence-electron chi connectivity index (χ4n) is 2.78. The number of rotatable bonds is 4. The zero-order valence-corrected chi connectivity index (χ0v) is 15.3. The van der Waals surface area contributed by atoms with Crippen molar-refractivity contribution >= 4 is 22.0 Å². The third-order valence-electron chi connectivity index (χ3n) is 4.16. The van der Waals surface area contributed by atoms with E-state index in [-0.39, 0.29) is 22.8 Å². The average molecular weight is 368 g/mol. The van der Waals surface area contributed by atoms with Crippen LogP contribution in [0, 0.1) is 5.92 Å². The topological polar surface area (TPSA) is 113 Å². The number of piperidine rings is 1. The number of nitrogens with zero attached hydrogens (tertiary/aromatic N) is 2. The highest BCUT2D eigenvalue weighted by atomic mass is 32.2. The molecule has 0 radical (unpaired) electrons. The van der Waals surface area contributed by atoms with E-state index in [4.69, 9.17) is 5.14 Å². The molecule has 1 aliphatic rings. The van der Waals surface area contributed by atoms with E-state index in [1.807, 2.05) is 0 Å². The highest BCUT2D eigenvalue weighted by Crippen LogP contribution is 2.18. The molecule has 0 bridgehead atoms. The summed E-state index contributed by atoms with van der Waals surface area (Å²) in [5, 5.41) is 7.90. The summed E-state index contributed by atoms with van der Waals surface area (Å²) in [5.74, 6) is -0.340. The highest BCUT2D eigenvalue weighted by Gasteiger charge is 2.28. The van der Waals surface area contributed by atoms with E-state index in [9.17, 15) is 18.0 Å². The van der Waals surface area contributed by atoms with Crippen molar-refractivity contribution in [1.29, 1.82) is 0 Å². The molecule has 1 saturated heterocycles. The Balaban J connectivity index is 1.90. The first-order valence-corrected chi connectivity index (χ1v) is 9.59. The molecule has 1 atom stereocenters. The van der Waals surface area contributed by atoms with Gasteiger partial charge in [0.25, 0.3) is 0 Å². The Bertz CT molecular complexity index is 731. The van der Waals surface area contributed by atoms with Gasteiger partial charge in [0.1, 0.15) is 0 Å². The van der Waals surface area contributed by atoms with Crippen LogP contribution in [0.1, 0.15) is 18.4 Å². The average Bonchev–Trinajstić information content (AvgIpc) is 2.58. The summed E-state index contributed by atoms with van der Waals surface area (Å²) in [6.45, 7) is 1.37. The number of primary sulfonamides is 1. The van der Waals surface area contributed by atoms with Gasteiger partial charge in [0.2, 0.25) is 15.9 Å². The number of carbonyl (C=O) groups is 2. The predicted octanol–water partition coefficient (Wildman–Crippen LogP) is 0.344. The minimum absolute atomic E-state index is 0.0349. The van der Waals surface area contributed by atoms with E-state index in [1.54, 1.807) is 31.1 Å². The lowest BCUT2D eigenvalue weighted by molar-refractivity contribution is -0.126. The normalized spacial score (nSPS) is 17.9. The Labute approximate surface area is 148 Å². The van der Waals surface area contributed by atoms with Crippen molar-refractivity contribution in [3.63, 3.8) is 0 Å². The number of carbonyl (C=O) groups excluding carboxylic acids is 2. The summed E-state index contributed by atoms with van der Waals surface area (Å²) in [5.41, 5.74) is 0.776. The first-order valence-electron chi connectivity index (χ1n) is 8.04. The number of hydrogen-bond acceptors (Lipinski definition) is 4. The second-order valence-electron chi connectivity index (χ2n) is 6.37. The van der Waals surface area contributed by atoms with E-state index in [0.29, 0.717) is 19.6 Å². The van der Waals surface area contributed by atoms with Gasteiger partial charge in [0, 0.05) is 33.7 Å². The number of benzene rings is 1. The standard InChI is InChI=1S/C16H24N4O4S/c1-19(2)16(22)20-9-3-4-13(11-20)15(21)18-10-12-5-7-14(8-6-12)25(17,23)24/h5-8,13H,3-4,9-11H2,1-2H3,(H,18,21)(H2,17,23,24)/t13-/m0/s1. The van der Waals surface area contributed by atoms with Crippen LogP contribution in [0.5, 0.6) is 0 Å². The molecule has 0 saturated carbocycles. The lowest BCUT2D eigenvalue weighted by Gasteiger charge is -2.33. The van der Waals surface area contributed by atoms with Crippen LogP contribution in [-0.2, 0) is 21.4 Å². The van der Waals surface area contributed by atoms with Crippen molar-refractivity contribution in [3.05, 3.63) is 29.8 Å². The molecule has 3 N–H and O–H groups in total. The number of sulfonamides is 1.